The maximum absolute atomic E-state index is 12.9. The van der Waals surface area contributed by atoms with Crippen LogP contribution in [0.4, 0.5) is 0 Å². The molecule has 0 aliphatic heterocycles. The van der Waals surface area contributed by atoms with Crippen LogP contribution in [0.3, 0.4) is 0 Å². The molecule has 0 bridgehead atoms. The molecule has 0 saturated heterocycles. The lowest BCUT2D eigenvalue weighted by Gasteiger charge is -2.27. The first-order valence-corrected chi connectivity index (χ1v) is 9.80. The molecule has 23 heavy (non-hydrogen) atoms. The van der Waals surface area contributed by atoms with E-state index in [1.807, 2.05) is 42.5 Å². The summed E-state index contributed by atoms with van der Waals surface area (Å²) in [7, 11) is 6.38. The summed E-state index contributed by atoms with van der Waals surface area (Å²) < 4.78 is 0. The first-order chi connectivity index (χ1) is 11.0. The Morgan fingerprint density at radius 2 is 1.57 bits per heavy atom. The minimum atomic E-state index is 0.184. The van der Waals surface area contributed by atoms with E-state index in [1.165, 1.54) is 25.7 Å². The second-order valence-electron chi connectivity index (χ2n) is 7.35. The van der Waals surface area contributed by atoms with Crippen molar-refractivity contribution in [2.45, 2.75) is 42.7 Å². The van der Waals surface area contributed by atoms with Crippen LogP contribution in [0, 0.1) is 11.8 Å². The summed E-state index contributed by atoms with van der Waals surface area (Å²) in [6, 6.07) is 9.12. The van der Waals surface area contributed by atoms with Gasteiger partial charge in [-0.2, -0.15) is 0 Å². The van der Waals surface area contributed by atoms with Crippen LogP contribution < -0.4 is 0 Å². The minimum absolute atomic E-state index is 0.184. The van der Waals surface area contributed by atoms with Gasteiger partial charge in [0.2, 0.25) is 0 Å². The fraction of sp³-hybridized carbons (Fsp3) is 0.632. The number of fused-ring (bicyclic) bond motifs is 1. The van der Waals surface area contributed by atoms with Crippen molar-refractivity contribution in [1.29, 1.82) is 0 Å². The fourth-order valence-electron chi connectivity index (χ4n) is 4.47. The van der Waals surface area contributed by atoms with Gasteiger partial charge >= 0.3 is 0 Å². The van der Waals surface area contributed by atoms with Gasteiger partial charge in [-0.05, 0) is 70.0 Å². The van der Waals surface area contributed by atoms with E-state index in [-0.39, 0.29) is 5.91 Å². The zero-order valence-electron chi connectivity index (χ0n) is 14.7. The normalized spacial score (nSPS) is 29.8. The van der Waals surface area contributed by atoms with E-state index in [9.17, 15) is 4.79 Å². The van der Waals surface area contributed by atoms with Crippen LogP contribution in [0.5, 0.6) is 0 Å². The summed E-state index contributed by atoms with van der Waals surface area (Å²) in [5, 5.41) is 0. The van der Waals surface area contributed by atoms with Gasteiger partial charge in [0.15, 0.2) is 0 Å². The van der Waals surface area contributed by atoms with E-state index >= 15 is 0 Å². The third-order valence-corrected chi connectivity index (χ3v) is 6.70. The summed E-state index contributed by atoms with van der Waals surface area (Å²) in [4.78, 5) is 18.4. The van der Waals surface area contributed by atoms with Gasteiger partial charge < -0.3 is 9.80 Å². The predicted molar refractivity (Wildman–Crippen MR) is 97.0 cm³/mol. The molecule has 2 aliphatic carbocycles. The molecule has 126 valence electrons. The molecule has 0 aromatic heterocycles. The molecule has 4 heteroatoms. The molecule has 1 aromatic carbocycles. The Kier molecular flexibility index (Phi) is 5.02. The van der Waals surface area contributed by atoms with Crippen LogP contribution in [0.1, 0.15) is 36.0 Å². The quantitative estimate of drug-likeness (QED) is 0.787. The van der Waals surface area contributed by atoms with Gasteiger partial charge in [-0.3, -0.25) is 4.79 Å². The molecule has 1 aromatic rings. The lowest BCUT2D eigenvalue weighted by Crippen LogP contribution is -2.36. The van der Waals surface area contributed by atoms with Gasteiger partial charge in [-0.15, -0.1) is 11.8 Å². The number of thioether (sulfide) groups is 1. The first-order valence-electron chi connectivity index (χ1n) is 8.57. The number of amides is 1. The van der Waals surface area contributed by atoms with Crippen LogP contribution in [0.2, 0.25) is 0 Å². The Bertz CT molecular complexity index is 560. The molecule has 2 aliphatic rings. The van der Waals surface area contributed by atoms with E-state index in [0.717, 1.165) is 28.3 Å². The van der Waals surface area contributed by atoms with Gasteiger partial charge in [0.25, 0.3) is 5.91 Å². The predicted octanol–water partition coefficient (Wildman–Crippen LogP) is 3.60. The standard InChI is InChI=1S/C19H28N2OS/c1-20(2)15-9-13-11-16(12-14(13)10-15)21(3)19(22)17-7-5-6-8-18(17)23-4/h5-8,13-16H,9-12H2,1-4H3/t13-,14+,15?,16?. The van der Waals surface area contributed by atoms with Gasteiger partial charge in [0.05, 0.1) is 5.56 Å². The topological polar surface area (TPSA) is 23.6 Å². The largest absolute Gasteiger partial charge is 0.339 e. The van der Waals surface area contributed by atoms with Crippen molar-refractivity contribution < 1.29 is 4.79 Å². The highest BCUT2D eigenvalue weighted by Crippen LogP contribution is 2.46. The van der Waals surface area contributed by atoms with Crippen LogP contribution in [0.15, 0.2) is 29.2 Å². The molecular formula is C19H28N2OS. The first kappa shape index (κ1) is 16.8. The summed E-state index contributed by atoms with van der Waals surface area (Å²) in [5.74, 6) is 1.79. The lowest BCUT2D eigenvalue weighted by molar-refractivity contribution is 0.0723. The molecule has 0 N–H and O–H groups in total. The second kappa shape index (κ2) is 6.86. The molecule has 0 radical (unpaired) electrons. The summed E-state index contributed by atoms with van der Waals surface area (Å²) in [6.07, 6.45) is 7.00. The highest BCUT2D eigenvalue weighted by molar-refractivity contribution is 7.98. The molecule has 0 heterocycles. The summed E-state index contributed by atoms with van der Waals surface area (Å²) >= 11 is 1.65. The third kappa shape index (κ3) is 3.29. The number of hydrogen-bond donors (Lipinski definition) is 0. The van der Waals surface area contributed by atoms with E-state index in [4.69, 9.17) is 0 Å². The van der Waals surface area contributed by atoms with Crippen molar-refractivity contribution in [2.75, 3.05) is 27.4 Å². The van der Waals surface area contributed by atoms with Gasteiger partial charge in [0, 0.05) is 24.0 Å². The van der Waals surface area contributed by atoms with Crippen LogP contribution in [-0.2, 0) is 0 Å². The molecule has 1 amide bonds. The van der Waals surface area contributed by atoms with Gasteiger partial charge in [-0.1, -0.05) is 12.1 Å². The second-order valence-corrected chi connectivity index (χ2v) is 8.20. The Balaban J connectivity index is 1.66. The maximum atomic E-state index is 12.9. The molecule has 2 fully saturated rings. The molecule has 4 atom stereocenters. The van der Waals surface area contributed by atoms with Crippen LogP contribution in [0.25, 0.3) is 0 Å². The Morgan fingerprint density at radius 3 is 2.13 bits per heavy atom. The maximum Gasteiger partial charge on any atom is 0.254 e. The Hall–Kier alpha value is -1.00. The van der Waals surface area contributed by atoms with Crippen LogP contribution in [-0.4, -0.2) is 55.2 Å². The molecule has 2 unspecified atom stereocenters. The molecule has 3 nitrogen and oxygen atoms in total. The summed E-state index contributed by atoms with van der Waals surface area (Å²) in [6.45, 7) is 0. The number of hydrogen-bond acceptors (Lipinski definition) is 3. The number of nitrogens with zero attached hydrogens (tertiary/aromatic N) is 2. The van der Waals surface area contributed by atoms with E-state index < -0.39 is 0 Å². The van der Waals surface area contributed by atoms with E-state index in [2.05, 4.69) is 19.0 Å². The lowest BCUT2D eigenvalue weighted by atomic mass is 10.0. The summed E-state index contributed by atoms with van der Waals surface area (Å²) in [5.41, 5.74) is 0.853. The average molecular weight is 333 g/mol. The van der Waals surface area contributed by atoms with Gasteiger partial charge in [0.1, 0.15) is 0 Å². The average Bonchev–Trinajstić information content (AvgIpc) is 3.12. The van der Waals surface area contributed by atoms with Gasteiger partial charge in [-0.25, -0.2) is 0 Å². The number of rotatable bonds is 4. The Labute approximate surface area is 144 Å². The van der Waals surface area contributed by atoms with Crippen molar-refractivity contribution in [2.24, 2.45) is 11.8 Å². The molecule has 3 rings (SSSR count). The third-order valence-electron chi connectivity index (χ3n) is 5.90. The fourth-order valence-corrected chi connectivity index (χ4v) is 5.06. The van der Waals surface area contributed by atoms with E-state index in [0.29, 0.717) is 6.04 Å². The smallest absolute Gasteiger partial charge is 0.254 e. The number of benzene rings is 1. The van der Waals surface area contributed by atoms with E-state index in [1.54, 1.807) is 11.8 Å². The van der Waals surface area contributed by atoms with Crippen molar-refractivity contribution >= 4 is 17.7 Å². The van der Waals surface area contributed by atoms with Crippen molar-refractivity contribution in [3.05, 3.63) is 29.8 Å². The number of carbonyl (C=O) groups is 1. The highest BCUT2D eigenvalue weighted by atomic mass is 32.2. The highest BCUT2D eigenvalue weighted by Gasteiger charge is 2.44. The zero-order valence-corrected chi connectivity index (χ0v) is 15.5. The molecular weight excluding hydrogens is 304 g/mol. The van der Waals surface area contributed by atoms with Crippen molar-refractivity contribution in [3.63, 3.8) is 0 Å². The monoisotopic (exact) mass is 332 g/mol. The molecule has 2 saturated carbocycles. The van der Waals surface area contributed by atoms with Crippen molar-refractivity contribution in [3.8, 4) is 0 Å². The Morgan fingerprint density at radius 1 is 1.00 bits per heavy atom. The van der Waals surface area contributed by atoms with Crippen molar-refractivity contribution in [1.82, 2.24) is 9.80 Å². The zero-order chi connectivity index (χ0) is 16.6. The SMILES string of the molecule is CSc1ccccc1C(=O)N(C)C1C[C@H]2CC(N(C)C)C[C@H]2C1. The molecule has 0 spiro atoms. The number of carbonyl (C=O) groups excluding carboxylic acids is 1. The minimum Gasteiger partial charge on any atom is -0.339 e. The van der Waals surface area contributed by atoms with Crippen LogP contribution >= 0.6 is 11.8 Å².